The topological polar surface area (TPSA) is 12.0 Å². The van der Waals surface area contributed by atoms with Gasteiger partial charge in [-0.3, -0.25) is 0 Å². The second kappa shape index (κ2) is 5.30. The van der Waals surface area contributed by atoms with E-state index in [9.17, 15) is 17.6 Å². The van der Waals surface area contributed by atoms with E-state index in [1.807, 2.05) is 0 Å². The average Bonchev–Trinajstić information content (AvgIpc) is 2.36. The first-order chi connectivity index (χ1) is 8.97. The van der Waals surface area contributed by atoms with Crippen molar-refractivity contribution >= 4 is 5.69 Å². The fourth-order valence-electron chi connectivity index (χ4n) is 1.63. The smallest absolute Gasteiger partial charge is 0.182 e. The van der Waals surface area contributed by atoms with Crippen molar-refractivity contribution < 1.29 is 17.6 Å². The molecule has 0 saturated heterocycles. The number of halogens is 4. The summed E-state index contributed by atoms with van der Waals surface area (Å²) in [7, 11) is 0. The highest BCUT2D eigenvalue weighted by atomic mass is 19.2. The van der Waals surface area contributed by atoms with E-state index in [0.29, 0.717) is 17.2 Å². The highest BCUT2D eigenvalue weighted by Gasteiger charge is 2.10. The number of nitrogens with one attached hydrogen (secondary N) is 1. The van der Waals surface area contributed by atoms with Gasteiger partial charge < -0.3 is 5.32 Å². The van der Waals surface area contributed by atoms with Crippen molar-refractivity contribution in [3.63, 3.8) is 0 Å². The molecule has 0 amide bonds. The first-order valence-corrected chi connectivity index (χ1v) is 5.61. The molecular formula is C14H11F4N. The molecular weight excluding hydrogens is 258 g/mol. The Morgan fingerprint density at radius 3 is 2.37 bits per heavy atom. The van der Waals surface area contributed by atoms with Crippen molar-refractivity contribution in [3.05, 3.63) is 64.7 Å². The molecule has 0 fully saturated rings. The third kappa shape index (κ3) is 3.05. The van der Waals surface area contributed by atoms with E-state index in [1.54, 1.807) is 19.1 Å². The maximum atomic E-state index is 13.3. The lowest BCUT2D eigenvalue weighted by Crippen LogP contribution is -2.04. The van der Waals surface area contributed by atoms with Crippen LogP contribution in [0.2, 0.25) is 0 Å². The van der Waals surface area contributed by atoms with E-state index < -0.39 is 17.5 Å². The zero-order valence-corrected chi connectivity index (χ0v) is 10.1. The summed E-state index contributed by atoms with van der Waals surface area (Å²) < 4.78 is 52.6. The quantitative estimate of drug-likeness (QED) is 0.651. The van der Waals surface area contributed by atoms with Crippen LogP contribution in [-0.2, 0) is 6.54 Å². The third-order valence-corrected chi connectivity index (χ3v) is 2.71. The van der Waals surface area contributed by atoms with Crippen molar-refractivity contribution in [2.75, 3.05) is 5.32 Å². The SMILES string of the molecule is Cc1ccc(CNc2cc(F)cc(F)c2F)cc1F. The molecule has 5 heteroatoms. The summed E-state index contributed by atoms with van der Waals surface area (Å²) in [5.74, 6) is -3.69. The van der Waals surface area contributed by atoms with Gasteiger partial charge in [-0.25, -0.2) is 17.6 Å². The molecule has 1 N–H and O–H groups in total. The molecule has 0 aromatic heterocycles. The summed E-state index contributed by atoms with van der Waals surface area (Å²) in [6.07, 6.45) is 0. The van der Waals surface area contributed by atoms with Crippen molar-refractivity contribution in [3.8, 4) is 0 Å². The minimum absolute atomic E-state index is 0.0665. The molecule has 0 radical (unpaired) electrons. The molecule has 0 heterocycles. The van der Waals surface area contributed by atoms with Gasteiger partial charge in [0.05, 0.1) is 5.69 Å². The fourth-order valence-corrected chi connectivity index (χ4v) is 1.63. The minimum Gasteiger partial charge on any atom is -0.378 e. The Hall–Kier alpha value is -2.04. The van der Waals surface area contributed by atoms with Crippen LogP contribution in [0.25, 0.3) is 0 Å². The summed E-state index contributed by atoms with van der Waals surface area (Å²) in [6.45, 7) is 1.69. The van der Waals surface area contributed by atoms with E-state index >= 15 is 0 Å². The number of hydrogen-bond donors (Lipinski definition) is 1. The molecule has 100 valence electrons. The molecule has 0 spiro atoms. The highest BCUT2D eigenvalue weighted by Crippen LogP contribution is 2.20. The van der Waals surface area contributed by atoms with E-state index in [0.717, 1.165) is 6.07 Å². The Balaban J connectivity index is 2.16. The molecule has 2 aromatic rings. The summed E-state index contributed by atoms with van der Waals surface area (Å²) in [4.78, 5) is 0. The fraction of sp³-hybridized carbons (Fsp3) is 0.143. The van der Waals surface area contributed by atoms with Crippen LogP contribution in [0.4, 0.5) is 23.2 Å². The Kier molecular flexibility index (Phi) is 3.74. The number of anilines is 1. The predicted octanol–water partition coefficient (Wildman–Crippen LogP) is 4.16. The normalized spacial score (nSPS) is 10.6. The van der Waals surface area contributed by atoms with Crippen molar-refractivity contribution in [2.45, 2.75) is 13.5 Å². The minimum atomic E-state index is -1.27. The molecule has 2 rings (SSSR count). The van der Waals surface area contributed by atoms with E-state index in [1.165, 1.54) is 6.07 Å². The monoisotopic (exact) mass is 269 g/mol. The Morgan fingerprint density at radius 2 is 1.68 bits per heavy atom. The van der Waals surface area contributed by atoms with E-state index in [-0.39, 0.29) is 18.0 Å². The molecule has 19 heavy (non-hydrogen) atoms. The Bertz CT molecular complexity index is 611. The van der Waals surface area contributed by atoms with Crippen LogP contribution in [0.1, 0.15) is 11.1 Å². The number of hydrogen-bond acceptors (Lipinski definition) is 1. The third-order valence-electron chi connectivity index (χ3n) is 2.71. The van der Waals surface area contributed by atoms with Gasteiger partial charge in [0.25, 0.3) is 0 Å². The molecule has 1 nitrogen and oxygen atoms in total. The summed E-state index contributed by atoms with van der Waals surface area (Å²) in [5, 5.41) is 2.54. The van der Waals surface area contributed by atoms with Gasteiger partial charge in [0.15, 0.2) is 11.6 Å². The zero-order chi connectivity index (χ0) is 14.0. The predicted molar refractivity (Wildman–Crippen MR) is 64.8 cm³/mol. The largest absolute Gasteiger partial charge is 0.378 e. The van der Waals surface area contributed by atoms with Crippen LogP contribution in [0, 0.1) is 30.2 Å². The zero-order valence-electron chi connectivity index (χ0n) is 10.1. The van der Waals surface area contributed by atoms with Crippen molar-refractivity contribution in [1.82, 2.24) is 0 Å². The maximum Gasteiger partial charge on any atom is 0.182 e. The van der Waals surface area contributed by atoms with Gasteiger partial charge >= 0.3 is 0 Å². The van der Waals surface area contributed by atoms with Crippen molar-refractivity contribution in [1.29, 1.82) is 0 Å². The number of aryl methyl sites for hydroxylation is 1. The lowest BCUT2D eigenvalue weighted by molar-refractivity contribution is 0.497. The van der Waals surface area contributed by atoms with E-state index in [2.05, 4.69) is 5.32 Å². The van der Waals surface area contributed by atoms with Crippen LogP contribution in [0.15, 0.2) is 30.3 Å². The van der Waals surface area contributed by atoms with Crippen LogP contribution >= 0.6 is 0 Å². The Morgan fingerprint density at radius 1 is 0.947 bits per heavy atom. The van der Waals surface area contributed by atoms with Crippen molar-refractivity contribution in [2.24, 2.45) is 0 Å². The molecule has 0 bridgehead atoms. The molecule has 0 atom stereocenters. The van der Waals surface area contributed by atoms with Gasteiger partial charge in [-0.05, 0) is 24.1 Å². The van der Waals surface area contributed by atoms with Gasteiger partial charge in [-0.2, -0.15) is 0 Å². The Labute approximate surface area is 107 Å². The molecule has 0 aliphatic heterocycles. The van der Waals surface area contributed by atoms with Gasteiger partial charge in [0.1, 0.15) is 11.6 Å². The molecule has 0 saturated carbocycles. The van der Waals surface area contributed by atoms with Gasteiger partial charge in [0.2, 0.25) is 0 Å². The first kappa shape index (κ1) is 13.4. The molecule has 0 aliphatic rings. The highest BCUT2D eigenvalue weighted by molar-refractivity contribution is 5.46. The standard InChI is InChI=1S/C14H11F4N/c1-8-2-3-9(4-11(8)16)7-19-13-6-10(15)5-12(17)14(13)18/h2-6,19H,7H2,1H3. The summed E-state index contributed by atoms with van der Waals surface area (Å²) >= 11 is 0. The van der Waals surface area contributed by atoms with Gasteiger partial charge in [-0.15, -0.1) is 0 Å². The van der Waals surface area contributed by atoms with Gasteiger partial charge in [0, 0.05) is 18.7 Å². The lowest BCUT2D eigenvalue weighted by Gasteiger charge is -2.09. The van der Waals surface area contributed by atoms with E-state index in [4.69, 9.17) is 0 Å². The van der Waals surface area contributed by atoms with Gasteiger partial charge in [-0.1, -0.05) is 12.1 Å². The molecule has 2 aromatic carbocycles. The maximum absolute atomic E-state index is 13.3. The lowest BCUT2D eigenvalue weighted by atomic mass is 10.1. The van der Waals surface area contributed by atoms with Crippen LogP contribution in [0.3, 0.4) is 0 Å². The first-order valence-electron chi connectivity index (χ1n) is 5.61. The summed E-state index contributed by atoms with van der Waals surface area (Å²) in [6, 6.07) is 5.83. The van der Waals surface area contributed by atoms with Crippen LogP contribution < -0.4 is 5.32 Å². The summed E-state index contributed by atoms with van der Waals surface area (Å²) in [5.41, 5.74) is 0.748. The van der Waals surface area contributed by atoms with Crippen LogP contribution in [-0.4, -0.2) is 0 Å². The molecule has 0 aliphatic carbocycles. The number of benzene rings is 2. The second-order valence-corrected chi connectivity index (χ2v) is 4.19. The van der Waals surface area contributed by atoms with Crippen LogP contribution in [0.5, 0.6) is 0 Å². The second-order valence-electron chi connectivity index (χ2n) is 4.19. The average molecular weight is 269 g/mol. The number of rotatable bonds is 3. The molecule has 0 unspecified atom stereocenters.